The van der Waals surface area contributed by atoms with Crippen molar-refractivity contribution < 1.29 is 4.79 Å². The van der Waals surface area contributed by atoms with Crippen LogP contribution in [-0.4, -0.2) is 20.5 Å². The van der Waals surface area contributed by atoms with Crippen molar-refractivity contribution in [1.82, 2.24) is 14.8 Å². The molecule has 0 N–H and O–H groups in total. The molecule has 16 heavy (non-hydrogen) atoms. The van der Waals surface area contributed by atoms with Gasteiger partial charge in [0.15, 0.2) is 5.78 Å². The van der Waals surface area contributed by atoms with Crippen LogP contribution >= 0.6 is 0 Å². The van der Waals surface area contributed by atoms with Gasteiger partial charge in [0.25, 0.3) is 0 Å². The summed E-state index contributed by atoms with van der Waals surface area (Å²) >= 11 is 0. The van der Waals surface area contributed by atoms with Gasteiger partial charge in [0.2, 0.25) is 0 Å². The fourth-order valence-electron chi connectivity index (χ4n) is 2.05. The van der Waals surface area contributed by atoms with Crippen molar-refractivity contribution >= 4 is 5.78 Å². The van der Waals surface area contributed by atoms with Gasteiger partial charge in [0.05, 0.1) is 0 Å². The van der Waals surface area contributed by atoms with Crippen LogP contribution in [0.25, 0.3) is 0 Å². The minimum absolute atomic E-state index is 0.259. The predicted octanol–water partition coefficient (Wildman–Crippen LogP) is 1.91. The molecule has 1 aromatic rings. The van der Waals surface area contributed by atoms with Crippen LogP contribution in [0.5, 0.6) is 0 Å². The highest BCUT2D eigenvalue weighted by Crippen LogP contribution is 2.18. The molecule has 2 rings (SSSR count). The zero-order valence-electron chi connectivity index (χ0n) is 9.65. The van der Waals surface area contributed by atoms with Crippen LogP contribution in [0.1, 0.15) is 38.4 Å². The molecule has 0 aromatic carbocycles. The van der Waals surface area contributed by atoms with E-state index >= 15 is 0 Å². The average molecular weight is 219 g/mol. The highest BCUT2D eigenvalue weighted by atomic mass is 16.1. The Kier molecular flexibility index (Phi) is 3.49. The molecule has 4 heteroatoms. The van der Waals surface area contributed by atoms with Crippen molar-refractivity contribution in [2.45, 2.75) is 45.6 Å². The molecule has 86 valence electrons. The number of hydrogen-bond donors (Lipinski definition) is 0. The van der Waals surface area contributed by atoms with Crippen molar-refractivity contribution in [3.05, 3.63) is 23.8 Å². The number of rotatable bonds is 3. The molecule has 0 saturated heterocycles. The molecule has 0 radical (unpaired) electrons. The topological polar surface area (TPSA) is 47.8 Å². The van der Waals surface area contributed by atoms with E-state index in [1.165, 1.54) is 5.57 Å². The summed E-state index contributed by atoms with van der Waals surface area (Å²) in [4.78, 5) is 15.7. The highest BCUT2D eigenvalue weighted by Gasteiger charge is 2.11. The van der Waals surface area contributed by atoms with E-state index in [1.54, 1.807) is 6.33 Å². The number of carbonyl (C=O) groups is 1. The normalized spacial score (nSPS) is 17.1. The number of aromatic nitrogens is 3. The lowest BCUT2D eigenvalue weighted by molar-refractivity contribution is -0.114. The van der Waals surface area contributed by atoms with Crippen molar-refractivity contribution in [1.29, 1.82) is 0 Å². The summed E-state index contributed by atoms with van der Waals surface area (Å²) in [5.41, 5.74) is 1.20. The first-order valence-electron chi connectivity index (χ1n) is 5.88. The van der Waals surface area contributed by atoms with E-state index in [1.807, 2.05) is 17.7 Å². The molecule has 0 unspecified atom stereocenters. The van der Waals surface area contributed by atoms with Gasteiger partial charge in [-0.05, 0) is 32.3 Å². The molecule has 0 atom stereocenters. The molecule has 1 aliphatic rings. The van der Waals surface area contributed by atoms with Crippen molar-refractivity contribution in [3.63, 3.8) is 0 Å². The molecule has 0 aliphatic heterocycles. The molecule has 0 bridgehead atoms. The maximum Gasteiger partial charge on any atom is 0.155 e. The molecule has 1 heterocycles. The van der Waals surface area contributed by atoms with Gasteiger partial charge in [-0.15, -0.1) is 0 Å². The number of carbonyl (C=O) groups excluding carboxylic acids is 1. The minimum Gasteiger partial charge on any atom is -0.295 e. The van der Waals surface area contributed by atoms with Crippen LogP contribution in [0.2, 0.25) is 0 Å². The number of nitrogens with zero attached hydrogens (tertiary/aromatic N) is 3. The Morgan fingerprint density at radius 3 is 3.00 bits per heavy atom. The summed E-state index contributed by atoms with van der Waals surface area (Å²) in [5.74, 6) is 1.22. The van der Waals surface area contributed by atoms with Crippen LogP contribution in [0.3, 0.4) is 0 Å². The van der Waals surface area contributed by atoms with Crippen LogP contribution < -0.4 is 0 Å². The Labute approximate surface area is 95.4 Å². The second-order valence-electron chi connectivity index (χ2n) is 4.14. The Morgan fingerprint density at radius 1 is 1.38 bits per heavy atom. The van der Waals surface area contributed by atoms with Crippen LogP contribution in [0.4, 0.5) is 0 Å². The Morgan fingerprint density at radius 2 is 2.19 bits per heavy atom. The number of aryl methyl sites for hydroxylation is 1. The third-order valence-electron chi connectivity index (χ3n) is 2.92. The average Bonchev–Trinajstić information content (AvgIpc) is 2.61. The van der Waals surface area contributed by atoms with Gasteiger partial charge < -0.3 is 0 Å². The predicted molar refractivity (Wildman–Crippen MR) is 61.0 cm³/mol. The lowest BCUT2D eigenvalue weighted by Crippen LogP contribution is -2.05. The van der Waals surface area contributed by atoms with Crippen LogP contribution in [-0.2, 0) is 17.8 Å². The molecular weight excluding hydrogens is 202 g/mol. The molecular formula is C12H17N3O. The van der Waals surface area contributed by atoms with Gasteiger partial charge >= 0.3 is 0 Å². The fourth-order valence-corrected chi connectivity index (χ4v) is 2.05. The third-order valence-corrected chi connectivity index (χ3v) is 2.92. The van der Waals surface area contributed by atoms with Gasteiger partial charge in [0, 0.05) is 19.4 Å². The van der Waals surface area contributed by atoms with Gasteiger partial charge in [-0.3, -0.25) is 9.48 Å². The first-order chi connectivity index (χ1) is 7.79. The minimum atomic E-state index is 0.259. The van der Waals surface area contributed by atoms with E-state index in [4.69, 9.17) is 0 Å². The van der Waals surface area contributed by atoms with E-state index < -0.39 is 0 Å². The highest BCUT2D eigenvalue weighted by molar-refractivity contribution is 5.90. The first-order valence-corrected chi connectivity index (χ1v) is 5.88. The van der Waals surface area contributed by atoms with E-state index in [0.29, 0.717) is 6.42 Å². The summed E-state index contributed by atoms with van der Waals surface area (Å²) in [6.07, 6.45) is 7.99. The van der Waals surface area contributed by atoms with Gasteiger partial charge in [-0.25, -0.2) is 4.98 Å². The number of allylic oxidation sites excluding steroid dienone is 2. The maximum atomic E-state index is 11.5. The second kappa shape index (κ2) is 5.05. The molecule has 1 aliphatic carbocycles. The zero-order chi connectivity index (χ0) is 11.4. The van der Waals surface area contributed by atoms with E-state index in [0.717, 1.165) is 38.1 Å². The van der Waals surface area contributed by atoms with Crippen molar-refractivity contribution in [2.24, 2.45) is 0 Å². The molecule has 0 spiro atoms. The number of ketones is 1. The third kappa shape index (κ3) is 2.56. The Hall–Kier alpha value is -1.45. The fraction of sp³-hybridized carbons (Fsp3) is 0.583. The van der Waals surface area contributed by atoms with Crippen molar-refractivity contribution in [3.8, 4) is 0 Å². The molecule has 0 fully saturated rings. The summed E-state index contributed by atoms with van der Waals surface area (Å²) in [5, 5.41) is 4.14. The molecule has 1 aromatic heterocycles. The van der Waals surface area contributed by atoms with Crippen molar-refractivity contribution in [2.75, 3.05) is 0 Å². The largest absolute Gasteiger partial charge is 0.295 e. The lowest BCUT2D eigenvalue weighted by atomic mass is 10.1. The summed E-state index contributed by atoms with van der Waals surface area (Å²) in [6, 6.07) is 0. The SMILES string of the molecule is CCn1ncnc1CC1=CC(=O)CCCC1. The van der Waals surface area contributed by atoms with Gasteiger partial charge in [-0.1, -0.05) is 5.57 Å². The number of hydrogen-bond acceptors (Lipinski definition) is 3. The summed E-state index contributed by atoms with van der Waals surface area (Å²) in [7, 11) is 0. The van der Waals surface area contributed by atoms with Crippen LogP contribution in [0.15, 0.2) is 18.0 Å². The lowest BCUT2D eigenvalue weighted by Gasteiger charge is -2.05. The Balaban J connectivity index is 2.11. The molecule has 0 saturated carbocycles. The zero-order valence-corrected chi connectivity index (χ0v) is 9.65. The van der Waals surface area contributed by atoms with Gasteiger partial charge in [0.1, 0.15) is 12.2 Å². The monoisotopic (exact) mass is 219 g/mol. The van der Waals surface area contributed by atoms with E-state index in [-0.39, 0.29) is 5.78 Å². The second-order valence-corrected chi connectivity index (χ2v) is 4.14. The summed E-state index contributed by atoms with van der Waals surface area (Å²) < 4.78 is 1.89. The standard InChI is InChI=1S/C12H17N3O/c1-2-15-12(13-9-14-15)8-10-5-3-4-6-11(16)7-10/h7,9H,2-6,8H2,1H3. The quantitative estimate of drug-likeness (QED) is 0.780. The summed E-state index contributed by atoms with van der Waals surface area (Å²) in [6.45, 7) is 2.88. The smallest absolute Gasteiger partial charge is 0.155 e. The van der Waals surface area contributed by atoms with E-state index in [2.05, 4.69) is 10.1 Å². The maximum absolute atomic E-state index is 11.5. The van der Waals surface area contributed by atoms with E-state index in [9.17, 15) is 4.79 Å². The van der Waals surface area contributed by atoms with Crippen LogP contribution in [0, 0.1) is 0 Å². The molecule has 4 nitrogen and oxygen atoms in total. The molecule has 0 amide bonds. The first kappa shape index (κ1) is 11.0. The van der Waals surface area contributed by atoms with Gasteiger partial charge in [-0.2, -0.15) is 5.10 Å². The Bertz CT molecular complexity index is 406.